The van der Waals surface area contributed by atoms with Crippen LogP contribution in [-0.4, -0.2) is 62.0 Å². The third-order valence-corrected chi connectivity index (χ3v) is 5.70. The maximum absolute atomic E-state index is 13.0. The van der Waals surface area contributed by atoms with Gasteiger partial charge in [-0.15, -0.1) is 0 Å². The van der Waals surface area contributed by atoms with Gasteiger partial charge in [-0.3, -0.25) is 9.59 Å². The van der Waals surface area contributed by atoms with Crippen LogP contribution in [0.25, 0.3) is 0 Å². The molecule has 0 spiro atoms. The minimum absolute atomic E-state index is 0.0682. The minimum Gasteiger partial charge on any atom is -0.493 e. The van der Waals surface area contributed by atoms with Crippen molar-refractivity contribution >= 4 is 23.4 Å². The smallest absolute Gasteiger partial charge is 0.254 e. The van der Waals surface area contributed by atoms with Gasteiger partial charge in [0.25, 0.3) is 5.91 Å². The molecule has 0 aromatic heterocycles. The number of ether oxygens (including phenoxy) is 2. The number of benzene rings is 2. The van der Waals surface area contributed by atoms with E-state index < -0.39 is 0 Å². The van der Waals surface area contributed by atoms with Crippen molar-refractivity contribution in [2.75, 3.05) is 40.4 Å². The lowest BCUT2D eigenvalue weighted by atomic mass is 10.1. The van der Waals surface area contributed by atoms with Crippen LogP contribution in [0.5, 0.6) is 11.5 Å². The topological polar surface area (TPSA) is 59.1 Å². The van der Waals surface area contributed by atoms with Gasteiger partial charge in [-0.2, -0.15) is 0 Å². The van der Waals surface area contributed by atoms with E-state index in [0.29, 0.717) is 61.1 Å². The SMILES string of the molecule is COc1ccc(C(=O)N2CCCN(C(=O)CCc3ccccc3Cl)CC2)cc1OC. The molecule has 1 aliphatic rings. The van der Waals surface area contributed by atoms with Crippen molar-refractivity contribution in [3.8, 4) is 11.5 Å². The van der Waals surface area contributed by atoms with Gasteiger partial charge >= 0.3 is 0 Å². The number of hydrogen-bond donors (Lipinski definition) is 0. The molecule has 2 amide bonds. The number of rotatable bonds is 6. The number of halogens is 1. The van der Waals surface area contributed by atoms with Crippen LogP contribution in [0.15, 0.2) is 42.5 Å². The van der Waals surface area contributed by atoms with E-state index in [9.17, 15) is 9.59 Å². The van der Waals surface area contributed by atoms with Crippen molar-refractivity contribution in [1.82, 2.24) is 9.80 Å². The van der Waals surface area contributed by atoms with E-state index in [-0.39, 0.29) is 11.8 Å². The molecule has 0 radical (unpaired) electrons. The summed E-state index contributed by atoms with van der Waals surface area (Å²) in [5.41, 5.74) is 1.53. The van der Waals surface area contributed by atoms with Gasteiger partial charge in [0.2, 0.25) is 5.91 Å². The molecule has 1 aliphatic heterocycles. The molecule has 7 heteroatoms. The fourth-order valence-electron chi connectivity index (χ4n) is 3.62. The molecule has 2 aromatic rings. The number of amides is 2. The average molecular weight is 431 g/mol. The van der Waals surface area contributed by atoms with Gasteiger partial charge in [-0.1, -0.05) is 29.8 Å². The lowest BCUT2D eigenvalue weighted by Crippen LogP contribution is -2.37. The van der Waals surface area contributed by atoms with Crippen LogP contribution in [0.2, 0.25) is 5.02 Å². The molecule has 0 N–H and O–H groups in total. The maximum Gasteiger partial charge on any atom is 0.254 e. The highest BCUT2D eigenvalue weighted by Crippen LogP contribution is 2.28. The zero-order valence-electron chi connectivity index (χ0n) is 17.4. The molecule has 6 nitrogen and oxygen atoms in total. The number of aryl methyl sites for hydroxylation is 1. The molecule has 0 saturated carbocycles. The first kappa shape index (κ1) is 22.0. The zero-order valence-corrected chi connectivity index (χ0v) is 18.2. The average Bonchev–Trinajstić information content (AvgIpc) is 3.03. The van der Waals surface area contributed by atoms with Crippen LogP contribution >= 0.6 is 11.6 Å². The Hall–Kier alpha value is -2.73. The molecule has 0 bridgehead atoms. The Kier molecular flexibility index (Phi) is 7.57. The van der Waals surface area contributed by atoms with E-state index in [0.717, 1.165) is 12.0 Å². The quantitative estimate of drug-likeness (QED) is 0.701. The van der Waals surface area contributed by atoms with Crippen LogP contribution in [0.3, 0.4) is 0 Å². The Morgan fingerprint density at radius 1 is 0.933 bits per heavy atom. The van der Waals surface area contributed by atoms with Crippen LogP contribution in [0.4, 0.5) is 0 Å². The van der Waals surface area contributed by atoms with E-state index in [1.807, 2.05) is 29.2 Å². The van der Waals surface area contributed by atoms with Gasteiger partial charge < -0.3 is 19.3 Å². The summed E-state index contributed by atoms with van der Waals surface area (Å²) >= 11 is 6.19. The largest absolute Gasteiger partial charge is 0.493 e. The molecule has 3 rings (SSSR count). The third kappa shape index (κ3) is 5.25. The molecule has 1 saturated heterocycles. The fourth-order valence-corrected chi connectivity index (χ4v) is 3.85. The maximum atomic E-state index is 13.0. The number of carbonyl (C=O) groups excluding carboxylic acids is 2. The third-order valence-electron chi connectivity index (χ3n) is 5.33. The summed E-state index contributed by atoms with van der Waals surface area (Å²) in [5, 5.41) is 0.688. The van der Waals surface area contributed by atoms with Crippen molar-refractivity contribution in [3.05, 3.63) is 58.6 Å². The monoisotopic (exact) mass is 430 g/mol. The van der Waals surface area contributed by atoms with Crippen LogP contribution in [-0.2, 0) is 11.2 Å². The predicted octanol–water partition coefficient (Wildman–Crippen LogP) is 3.66. The number of hydrogen-bond acceptors (Lipinski definition) is 4. The first-order chi connectivity index (χ1) is 14.5. The molecule has 160 valence electrons. The standard InChI is InChI=1S/C23H27ClN2O4/c1-29-20-10-8-18(16-21(20)30-2)23(28)26-13-5-12-25(14-15-26)22(27)11-9-17-6-3-4-7-19(17)24/h3-4,6-8,10,16H,5,9,11-15H2,1-2H3. The fraction of sp³-hybridized carbons (Fsp3) is 0.391. The van der Waals surface area contributed by atoms with Crippen molar-refractivity contribution in [2.24, 2.45) is 0 Å². The Morgan fingerprint density at radius 2 is 1.63 bits per heavy atom. The van der Waals surface area contributed by atoms with Crippen molar-refractivity contribution < 1.29 is 19.1 Å². The molecule has 0 atom stereocenters. The van der Waals surface area contributed by atoms with Gasteiger partial charge in [0.05, 0.1) is 14.2 Å². The van der Waals surface area contributed by atoms with Gasteiger partial charge in [-0.05, 0) is 42.7 Å². The summed E-state index contributed by atoms with van der Waals surface area (Å²) in [6.07, 6.45) is 1.77. The van der Waals surface area contributed by atoms with E-state index in [2.05, 4.69) is 0 Å². The highest BCUT2D eigenvalue weighted by Gasteiger charge is 2.23. The van der Waals surface area contributed by atoms with E-state index in [1.54, 1.807) is 37.3 Å². The molecule has 2 aromatic carbocycles. The summed E-state index contributed by atoms with van der Waals surface area (Å²) in [5.74, 6) is 1.13. The molecule has 30 heavy (non-hydrogen) atoms. The normalized spacial score (nSPS) is 14.2. The lowest BCUT2D eigenvalue weighted by Gasteiger charge is -2.22. The van der Waals surface area contributed by atoms with Gasteiger partial charge in [0, 0.05) is 43.2 Å². The van der Waals surface area contributed by atoms with E-state index in [4.69, 9.17) is 21.1 Å². The Bertz CT molecular complexity index is 903. The van der Waals surface area contributed by atoms with Crippen molar-refractivity contribution in [3.63, 3.8) is 0 Å². The second kappa shape index (κ2) is 10.3. The first-order valence-electron chi connectivity index (χ1n) is 10.1. The molecule has 1 heterocycles. The summed E-state index contributed by atoms with van der Waals surface area (Å²) in [7, 11) is 3.11. The van der Waals surface area contributed by atoms with Crippen molar-refractivity contribution in [1.29, 1.82) is 0 Å². The minimum atomic E-state index is -0.0682. The van der Waals surface area contributed by atoms with Crippen LogP contribution in [0, 0.1) is 0 Å². The van der Waals surface area contributed by atoms with Gasteiger partial charge in [0.15, 0.2) is 11.5 Å². The second-order valence-corrected chi connectivity index (χ2v) is 7.59. The summed E-state index contributed by atoms with van der Waals surface area (Å²) in [4.78, 5) is 29.3. The Balaban J connectivity index is 1.58. The predicted molar refractivity (Wildman–Crippen MR) is 116 cm³/mol. The van der Waals surface area contributed by atoms with Crippen LogP contribution < -0.4 is 9.47 Å². The van der Waals surface area contributed by atoms with E-state index >= 15 is 0 Å². The summed E-state index contributed by atoms with van der Waals surface area (Å²) < 4.78 is 10.5. The zero-order chi connectivity index (χ0) is 21.5. The van der Waals surface area contributed by atoms with E-state index in [1.165, 1.54) is 0 Å². The Labute approximate surface area is 182 Å². The molecule has 0 unspecified atom stereocenters. The van der Waals surface area contributed by atoms with Crippen LogP contribution in [0.1, 0.15) is 28.8 Å². The first-order valence-corrected chi connectivity index (χ1v) is 10.4. The second-order valence-electron chi connectivity index (χ2n) is 7.19. The number of carbonyl (C=O) groups is 2. The highest BCUT2D eigenvalue weighted by molar-refractivity contribution is 6.31. The number of methoxy groups -OCH3 is 2. The van der Waals surface area contributed by atoms with Crippen molar-refractivity contribution in [2.45, 2.75) is 19.3 Å². The molecular weight excluding hydrogens is 404 g/mol. The van der Waals surface area contributed by atoms with Gasteiger partial charge in [-0.25, -0.2) is 0 Å². The molecule has 1 fully saturated rings. The lowest BCUT2D eigenvalue weighted by molar-refractivity contribution is -0.131. The molecule has 0 aliphatic carbocycles. The highest BCUT2D eigenvalue weighted by atomic mass is 35.5. The Morgan fingerprint density at radius 3 is 2.37 bits per heavy atom. The molecular formula is C23H27ClN2O4. The van der Waals surface area contributed by atoms with Gasteiger partial charge in [0.1, 0.15) is 0 Å². The number of nitrogens with zero attached hydrogens (tertiary/aromatic N) is 2. The summed E-state index contributed by atoms with van der Waals surface area (Å²) in [6.45, 7) is 2.30. The summed E-state index contributed by atoms with van der Waals surface area (Å²) in [6, 6.07) is 12.8.